The Kier molecular flexibility index (Phi) is 4.20. The molecule has 5 nitrogen and oxygen atoms in total. The second-order valence-electron chi connectivity index (χ2n) is 5.59. The highest BCUT2D eigenvalue weighted by Crippen LogP contribution is 2.39. The molecule has 0 radical (unpaired) electrons. The topological polar surface area (TPSA) is 63.4 Å². The van der Waals surface area contributed by atoms with Crippen molar-refractivity contribution in [3.05, 3.63) is 46.1 Å². The number of rotatable bonds is 3. The van der Waals surface area contributed by atoms with Crippen molar-refractivity contribution in [2.24, 2.45) is 0 Å². The number of hydrogen-bond donors (Lipinski definition) is 0. The van der Waals surface area contributed by atoms with Gasteiger partial charge in [-0.05, 0) is 44.9 Å². The van der Waals surface area contributed by atoms with Crippen molar-refractivity contribution in [1.29, 1.82) is 0 Å². The second-order valence-corrected chi connectivity index (χ2v) is 7.89. The van der Waals surface area contributed by atoms with Gasteiger partial charge in [-0.25, -0.2) is 12.8 Å². The van der Waals surface area contributed by atoms with Gasteiger partial charge in [0.05, 0.1) is 21.7 Å². The maximum Gasteiger partial charge on any atom is 0.243 e. The largest absolute Gasteiger partial charge is 0.361 e. The van der Waals surface area contributed by atoms with Crippen LogP contribution in [0.25, 0.3) is 0 Å². The standard InChI is InChI=1S/C15H16ClFN2O3S/c1-9-15(10(2)22-18-9)14-4-3-7-19(14)23(20,21)11-5-6-13(17)12(16)8-11/h5-6,8,14H,3-4,7H2,1-2H3/t14-/m0/s1. The van der Waals surface area contributed by atoms with Gasteiger partial charge in [0.1, 0.15) is 11.6 Å². The van der Waals surface area contributed by atoms with Gasteiger partial charge in [-0.15, -0.1) is 0 Å². The lowest BCUT2D eigenvalue weighted by atomic mass is 10.0. The molecule has 124 valence electrons. The van der Waals surface area contributed by atoms with Crippen LogP contribution in [0.3, 0.4) is 0 Å². The normalized spacial score (nSPS) is 19.4. The minimum absolute atomic E-state index is 0.0115. The van der Waals surface area contributed by atoms with Crippen molar-refractivity contribution >= 4 is 21.6 Å². The van der Waals surface area contributed by atoms with Gasteiger partial charge in [-0.1, -0.05) is 16.8 Å². The van der Waals surface area contributed by atoms with Crippen LogP contribution < -0.4 is 0 Å². The molecule has 0 saturated carbocycles. The number of sulfonamides is 1. The Hall–Kier alpha value is -1.44. The number of aromatic nitrogens is 1. The van der Waals surface area contributed by atoms with Gasteiger partial charge >= 0.3 is 0 Å². The lowest BCUT2D eigenvalue weighted by Crippen LogP contribution is -2.31. The molecule has 0 amide bonds. The molecule has 2 heterocycles. The van der Waals surface area contributed by atoms with Crippen LogP contribution in [0.2, 0.25) is 5.02 Å². The number of halogens is 2. The Morgan fingerprint density at radius 3 is 2.74 bits per heavy atom. The van der Waals surface area contributed by atoms with Crippen LogP contribution in [-0.2, 0) is 10.0 Å². The van der Waals surface area contributed by atoms with Crippen molar-refractivity contribution in [3.8, 4) is 0 Å². The fraction of sp³-hybridized carbons (Fsp3) is 0.400. The van der Waals surface area contributed by atoms with Crippen LogP contribution in [0.1, 0.15) is 35.9 Å². The van der Waals surface area contributed by atoms with Crippen molar-refractivity contribution in [2.45, 2.75) is 37.6 Å². The van der Waals surface area contributed by atoms with Crippen LogP contribution in [0.4, 0.5) is 4.39 Å². The molecular formula is C15H16ClFN2O3S. The summed E-state index contributed by atoms with van der Waals surface area (Å²) in [4.78, 5) is -0.0115. The molecule has 3 rings (SSSR count). The average molecular weight is 359 g/mol. The molecule has 2 aromatic rings. The van der Waals surface area contributed by atoms with Gasteiger partial charge < -0.3 is 4.52 Å². The molecule has 1 aromatic carbocycles. The summed E-state index contributed by atoms with van der Waals surface area (Å²) in [5.74, 6) is -0.0268. The third-order valence-corrected chi connectivity index (χ3v) is 6.32. The molecule has 0 spiro atoms. The third kappa shape index (κ3) is 2.77. The smallest absolute Gasteiger partial charge is 0.243 e. The molecule has 1 aliphatic heterocycles. The molecule has 0 bridgehead atoms. The van der Waals surface area contributed by atoms with E-state index in [0.29, 0.717) is 24.4 Å². The van der Waals surface area contributed by atoms with E-state index < -0.39 is 15.8 Å². The number of aryl methyl sites for hydroxylation is 2. The first-order valence-electron chi connectivity index (χ1n) is 7.22. The third-order valence-electron chi connectivity index (χ3n) is 4.12. The number of nitrogens with zero attached hydrogens (tertiary/aromatic N) is 2. The molecule has 0 N–H and O–H groups in total. The Labute approximate surface area is 139 Å². The molecule has 1 aromatic heterocycles. The van der Waals surface area contributed by atoms with Crippen LogP contribution in [0, 0.1) is 19.7 Å². The van der Waals surface area contributed by atoms with Gasteiger partial charge in [0, 0.05) is 12.1 Å². The summed E-state index contributed by atoms with van der Waals surface area (Å²) < 4.78 is 45.7. The van der Waals surface area contributed by atoms with E-state index in [4.69, 9.17) is 16.1 Å². The van der Waals surface area contributed by atoms with Crippen molar-refractivity contribution < 1.29 is 17.3 Å². The molecule has 0 aliphatic carbocycles. The van der Waals surface area contributed by atoms with E-state index in [2.05, 4.69) is 5.16 Å². The van der Waals surface area contributed by atoms with Gasteiger partial charge in [0.15, 0.2) is 0 Å². The maximum atomic E-state index is 13.3. The fourth-order valence-corrected chi connectivity index (χ4v) is 4.99. The van der Waals surface area contributed by atoms with Crippen LogP contribution in [0.5, 0.6) is 0 Å². The van der Waals surface area contributed by atoms with E-state index in [1.165, 1.54) is 10.4 Å². The first-order chi connectivity index (χ1) is 10.8. The van der Waals surface area contributed by atoms with E-state index in [0.717, 1.165) is 24.1 Å². The van der Waals surface area contributed by atoms with E-state index in [-0.39, 0.29) is 16.0 Å². The monoisotopic (exact) mass is 358 g/mol. The van der Waals surface area contributed by atoms with E-state index in [1.807, 2.05) is 0 Å². The summed E-state index contributed by atoms with van der Waals surface area (Å²) in [5, 5.41) is 3.70. The zero-order chi connectivity index (χ0) is 16.8. The average Bonchev–Trinajstić information content (AvgIpc) is 3.09. The summed E-state index contributed by atoms with van der Waals surface area (Å²) in [6.45, 7) is 3.96. The Morgan fingerprint density at radius 1 is 1.39 bits per heavy atom. The molecule has 1 aliphatic rings. The molecule has 1 atom stereocenters. The van der Waals surface area contributed by atoms with Crippen molar-refractivity contribution in [1.82, 2.24) is 9.46 Å². The quantitative estimate of drug-likeness (QED) is 0.840. The fourth-order valence-electron chi connectivity index (χ4n) is 3.05. The summed E-state index contributed by atoms with van der Waals surface area (Å²) in [6, 6.07) is 3.12. The van der Waals surface area contributed by atoms with Crippen LogP contribution in [-0.4, -0.2) is 24.4 Å². The van der Waals surface area contributed by atoms with Crippen LogP contribution >= 0.6 is 11.6 Å². The second kappa shape index (κ2) is 5.89. The zero-order valence-corrected chi connectivity index (χ0v) is 14.3. The Bertz CT molecular complexity index is 831. The predicted molar refractivity (Wildman–Crippen MR) is 83.3 cm³/mol. The summed E-state index contributed by atoms with van der Waals surface area (Å²) in [6.07, 6.45) is 1.43. The highest BCUT2D eigenvalue weighted by Gasteiger charge is 2.39. The van der Waals surface area contributed by atoms with Gasteiger partial charge in [0.2, 0.25) is 10.0 Å². The van der Waals surface area contributed by atoms with Gasteiger partial charge in [0.25, 0.3) is 0 Å². The highest BCUT2D eigenvalue weighted by atomic mass is 35.5. The van der Waals surface area contributed by atoms with E-state index in [1.54, 1.807) is 13.8 Å². The van der Waals surface area contributed by atoms with Crippen LogP contribution in [0.15, 0.2) is 27.6 Å². The minimum atomic E-state index is -3.77. The first-order valence-corrected chi connectivity index (χ1v) is 9.04. The molecule has 8 heteroatoms. The lowest BCUT2D eigenvalue weighted by Gasteiger charge is -2.24. The zero-order valence-electron chi connectivity index (χ0n) is 12.7. The number of hydrogen-bond acceptors (Lipinski definition) is 4. The minimum Gasteiger partial charge on any atom is -0.361 e. The van der Waals surface area contributed by atoms with E-state index in [9.17, 15) is 12.8 Å². The van der Waals surface area contributed by atoms with E-state index >= 15 is 0 Å². The Balaban J connectivity index is 2.03. The molecule has 0 unspecified atom stereocenters. The molecule has 1 saturated heterocycles. The SMILES string of the molecule is Cc1noc(C)c1[C@@H]1CCCN1S(=O)(=O)c1ccc(F)c(Cl)c1. The molecular weight excluding hydrogens is 343 g/mol. The highest BCUT2D eigenvalue weighted by molar-refractivity contribution is 7.89. The summed E-state index contributed by atoms with van der Waals surface area (Å²) in [7, 11) is -3.77. The lowest BCUT2D eigenvalue weighted by molar-refractivity contribution is 0.376. The van der Waals surface area contributed by atoms with Gasteiger partial charge in [-0.3, -0.25) is 0 Å². The first kappa shape index (κ1) is 16.4. The summed E-state index contributed by atoms with van der Waals surface area (Å²) >= 11 is 5.73. The van der Waals surface area contributed by atoms with Crippen molar-refractivity contribution in [2.75, 3.05) is 6.54 Å². The molecule has 23 heavy (non-hydrogen) atoms. The Morgan fingerprint density at radius 2 is 2.13 bits per heavy atom. The summed E-state index contributed by atoms with van der Waals surface area (Å²) in [5.41, 5.74) is 1.49. The number of benzene rings is 1. The molecule has 1 fully saturated rings. The van der Waals surface area contributed by atoms with Gasteiger partial charge in [-0.2, -0.15) is 4.31 Å². The predicted octanol–water partition coefficient (Wildman–Crippen LogP) is 3.61. The maximum absolute atomic E-state index is 13.3. The van der Waals surface area contributed by atoms with Crippen molar-refractivity contribution in [3.63, 3.8) is 0 Å².